The van der Waals surface area contributed by atoms with E-state index in [0.29, 0.717) is 13.0 Å². The third-order valence-corrected chi connectivity index (χ3v) is 3.84. The molecular weight excluding hydrogens is 252 g/mol. The molecule has 1 fully saturated rings. The van der Waals surface area contributed by atoms with Crippen LogP contribution >= 0.6 is 0 Å². The molecule has 1 atom stereocenters. The molecule has 3 rings (SSSR count). The number of amides is 1. The van der Waals surface area contributed by atoms with Crippen LogP contribution in [0.2, 0.25) is 0 Å². The molecule has 20 heavy (non-hydrogen) atoms. The summed E-state index contributed by atoms with van der Waals surface area (Å²) in [7, 11) is 1.84. The van der Waals surface area contributed by atoms with E-state index in [1.54, 1.807) is 4.90 Å². The van der Waals surface area contributed by atoms with Gasteiger partial charge in [-0.1, -0.05) is 24.3 Å². The molecule has 0 radical (unpaired) electrons. The second kappa shape index (κ2) is 5.07. The zero-order valence-corrected chi connectivity index (χ0v) is 11.8. The Morgan fingerprint density at radius 1 is 1.25 bits per heavy atom. The van der Waals surface area contributed by atoms with Crippen molar-refractivity contribution in [1.29, 1.82) is 0 Å². The minimum Gasteiger partial charge on any atom is -0.364 e. The first kappa shape index (κ1) is 12.8. The van der Waals surface area contributed by atoms with Crippen molar-refractivity contribution in [3.63, 3.8) is 0 Å². The van der Waals surface area contributed by atoms with Gasteiger partial charge in [0.05, 0.1) is 5.69 Å². The highest BCUT2D eigenvalue weighted by Crippen LogP contribution is 2.24. The van der Waals surface area contributed by atoms with Gasteiger partial charge in [0.15, 0.2) is 5.82 Å². The fourth-order valence-electron chi connectivity index (χ4n) is 2.67. The second-order valence-corrected chi connectivity index (χ2v) is 5.33. The first-order valence-electron chi connectivity index (χ1n) is 6.87. The van der Waals surface area contributed by atoms with Crippen LogP contribution in [0.1, 0.15) is 18.5 Å². The first-order valence-corrected chi connectivity index (χ1v) is 6.87. The Hall–Kier alpha value is -2.17. The average molecular weight is 270 g/mol. The highest BCUT2D eigenvalue weighted by molar-refractivity contribution is 5.93. The number of carbonyl (C=O) groups is 1. The van der Waals surface area contributed by atoms with Gasteiger partial charge in [-0.15, -0.1) is 5.10 Å². The van der Waals surface area contributed by atoms with E-state index in [1.807, 2.05) is 26.1 Å². The van der Waals surface area contributed by atoms with Gasteiger partial charge in [-0.25, -0.2) is 0 Å². The molecule has 1 amide bonds. The predicted molar refractivity (Wildman–Crippen MR) is 78.6 cm³/mol. The SMILES string of the molecule is Cc1nnc(NC2CCC(=O)N(C)C2)c2ccccc12. The number of likely N-dealkylation sites (tertiary alicyclic amines) is 1. The molecular formula is C15H18N4O. The topological polar surface area (TPSA) is 58.1 Å². The molecule has 1 aromatic heterocycles. The van der Waals surface area contributed by atoms with Crippen LogP contribution in [0, 0.1) is 6.92 Å². The molecule has 2 heterocycles. The first-order chi connectivity index (χ1) is 9.65. The Morgan fingerprint density at radius 2 is 2.00 bits per heavy atom. The van der Waals surface area contributed by atoms with Gasteiger partial charge in [0.1, 0.15) is 0 Å². The summed E-state index contributed by atoms with van der Waals surface area (Å²) in [6.07, 6.45) is 1.43. The third-order valence-electron chi connectivity index (χ3n) is 3.84. The zero-order chi connectivity index (χ0) is 14.1. The maximum absolute atomic E-state index is 11.5. The molecule has 2 aromatic rings. The predicted octanol–water partition coefficient (Wildman–Crippen LogP) is 1.97. The largest absolute Gasteiger partial charge is 0.364 e. The van der Waals surface area contributed by atoms with Crippen molar-refractivity contribution < 1.29 is 4.79 Å². The minimum atomic E-state index is 0.211. The summed E-state index contributed by atoms with van der Waals surface area (Å²) in [6, 6.07) is 8.36. The Labute approximate surface area is 118 Å². The molecule has 1 aliphatic heterocycles. The Kier molecular flexibility index (Phi) is 3.26. The summed E-state index contributed by atoms with van der Waals surface area (Å²) in [5.41, 5.74) is 0.932. The number of hydrogen-bond donors (Lipinski definition) is 1. The van der Waals surface area contributed by atoms with Crippen LogP contribution in [0.15, 0.2) is 24.3 Å². The van der Waals surface area contributed by atoms with Crippen LogP contribution in [0.4, 0.5) is 5.82 Å². The lowest BCUT2D eigenvalue weighted by Crippen LogP contribution is -2.43. The van der Waals surface area contributed by atoms with E-state index in [4.69, 9.17) is 0 Å². The molecule has 0 spiro atoms. The second-order valence-electron chi connectivity index (χ2n) is 5.33. The molecule has 0 bridgehead atoms. The van der Waals surface area contributed by atoms with E-state index >= 15 is 0 Å². The normalized spacial score (nSPS) is 19.4. The fraction of sp³-hybridized carbons (Fsp3) is 0.400. The van der Waals surface area contributed by atoms with Crippen molar-refractivity contribution >= 4 is 22.5 Å². The van der Waals surface area contributed by atoms with Crippen LogP contribution in [-0.2, 0) is 4.79 Å². The van der Waals surface area contributed by atoms with Gasteiger partial charge in [-0.3, -0.25) is 4.79 Å². The van der Waals surface area contributed by atoms with Crippen molar-refractivity contribution in [2.24, 2.45) is 0 Å². The summed E-state index contributed by atoms with van der Waals surface area (Å²) >= 11 is 0. The van der Waals surface area contributed by atoms with Gasteiger partial charge >= 0.3 is 0 Å². The number of likely N-dealkylation sites (N-methyl/N-ethyl adjacent to an activating group) is 1. The molecule has 5 nitrogen and oxygen atoms in total. The molecule has 1 unspecified atom stereocenters. The van der Waals surface area contributed by atoms with Crippen molar-refractivity contribution in [3.8, 4) is 0 Å². The Balaban J connectivity index is 1.88. The van der Waals surface area contributed by atoms with Crippen molar-refractivity contribution in [3.05, 3.63) is 30.0 Å². The van der Waals surface area contributed by atoms with Gasteiger partial charge < -0.3 is 10.2 Å². The molecule has 5 heteroatoms. The lowest BCUT2D eigenvalue weighted by molar-refractivity contribution is -0.132. The average Bonchev–Trinajstić information content (AvgIpc) is 2.46. The molecule has 104 valence electrons. The van der Waals surface area contributed by atoms with Crippen LogP contribution in [-0.4, -0.2) is 40.6 Å². The smallest absolute Gasteiger partial charge is 0.222 e. The van der Waals surface area contributed by atoms with Crippen molar-refractivity contribution in [2.45, 2.75) is 25.8 Å². The maximum Gasteiger partial charge on any atom is 0.222 e. The van der Waals surface area contributed by atoms with Crippen LogP contribution in [0.5, 0.6) is 0 Å². The molecule has 1 N–H and O–H groups in total. The highest BCUT2D eigenvalue weighted by Gasteiger charge is 2.23. The lowest BCUT2D eigenvalue weighted by atomic mass is 10.0. The van der Waals surface area contributed by atoms with Gasteiger partial charge in [0, 0.05) is 36.8 Å². The van der Waals surface area contributed by atoms with Gasteiger partial charge in [0.2, 0.25) is 5.91 Å². The van der Waals surface area contributed by atoms with E-state index in [2.05, 4.69) is 27.6 Å². The third kappa shape index (κ3) is 2.31. The summed E-state index contributed by atoms with van der Waals surface area (Å²) in [6.45, 7) is 2.68. The van der Waals surface area contributed by atoms with Gasteiger partial charge in [-0.2, -0.15) is 5.10 Å². The van der Waals surface area contributed by atoms with Gasteiger partial charge in [0.25, 0.3) is 0 Å². The van der Waals surface area contributed by atoms with E-state index in [0.717, 1.165) is 28.7 Å². The highest BCUT2D eigenvalue weighted by atomic mass is 16.2. The number of carbonyl (C=O) groups excluding carboxylic acids is 1. The number of hydrogen-bond acceptors (Lipinski definition) is 4. The number of nitrogens with one attached hydrogen (secondary N) is 1. The number of nitrogens with zero attached hydrogens (tertiary/aromatic N) is 3. The quantitative estimate of drug-likeness (QED) is 0.906. The summed E-state index contributed by atoms with van der Waals surface area (Å²) < 4.78 is 0. The van der Waals surface area contributed by atoms with Crippen LogP contribution in [0.25, 0.3) is 10.8 Å². The number of rotatable bonds is 2. The van der Waals surface area contributed by atoms with Crippen LogP contribution in [0.3, 0.4) is 0 Å². The summed E-state index contributed by atoms with van der Waals surface area (Å²) in [4.78, 5) is 13.3. The fourth-order valence-corrected chi connectivity index (χ4v) is 2.67. The number of benzene rings is 1. The maximum atomic E-state index is 11.5. The number of fused-ring (bicyclic) bond motifs is 1. The van der Waals surface area contributed by atoms with E-state index < -0.39 is 0 Å². The number of aromatic nitrogens is 2. The molecule has 1 aliphatic rings. The molecule has 1 saturated heterocycles. The summed E-state index contributed by atoms with van der Waals surface area (Å²) in [5.74, 6) is 1.02. The monoisotopic (exact) mass is 270 g/mol. The standard InChI is InChI=1S/C15H18N4O/c1-10-12-5-3-4-6-13(12)15(18-17-10)16-11-7-8-14(20)19(2)9-11/h3-6,11H,7-9H2,1-2H3,(H,16,18). The molecule has 1 aromatic carbocycles. The minimum absolute atomic E-state index is 0.211. The van der Waals surface area contributed by atoms with Crippen molar-refractivity contribution in [1.82, 2.24) is 15.1 Å². The number of piperidine rings is 1. The van der Waals surface area contributed by atoms with E-state index in [-0.39, 0.29) is 11.9 Å². The molecule has 0 saturated carbocycles. The van der Waals surface area contributed by atoms with Crippen LogP contribution < -0.4 is 5.32 Å². The summed E-state index contributed by atoms with van der Waals surface area (Å²) in [5, 5.41) is 14.1. The lowest BCUT2D eigenvalue weighted by Gasteiger charge is -2.30. The molecule has 0 aliphatic carbocycles. The van der Waals surface area contributed by atoms with E-state index in [9.17, 15) is 4.79 Å². The zero-order valence-electron chi connectivity index (χ0n) is 11.8. The van der Waals surface area contributed by atoms with Crippen molar-refractivity contribution in [2.75, 3.05) is 18.9 Å². The Bertz CT molecular complexity index is 655. The number of anilines is 1. The van der Waals surface area contributed by atoms with Gasteiger partial charge in [-0.05, 0) is 13.3 Å². The Morgan fingerprint density at radius 3 is 2.75 bits per heavy atom. The number of aryl methyl sites for hydroxylation is 1. The van der Waals surface area contributed by atoms with E-state index in [1.165, 1.54) is 0 Å².